The molecule has 14 nitrogen and oxygen atoms in total. The van der Waals surface area contributed by atoms with E-state index in [1.165, 1.54) is 84.0 Å². The molecule has 0 aliphatic heterocycles. The summed E-state index contributed by atoms with van der Waals surface area (Å²) in [4.78, 5) is 1.14. The zero-order valence-corrected chi connectivity index (χ0v) is 75.2. The van der Waals surface area contributed by atoms with Crippen LogP contribution in [0.3, 0.4) is 0 Å². The summed E-state index contributed by atoms with van der Waals surface area (Å²) in [5.74, 6) is 3.84. The van der Waals surface area contributed by atoms with Crippen molar-refractivity contribution in [3.63, 3.8) is 0 Å². The molecule has 0 aliphatic carbocycles. The van der Waals surface area contributed by atoms with Crippen LogP contribution in [0.2, 0.25) is 48.4 Å². The van der Waals surface area contributed by atoms with Crippen molar-refractivity contribution in [2.45, 2.75) is 193 Å². The van der Waals surface area contributed by atoms with Crippen LogP contribution in [-0.4, -0.2) is 89.0 Å². The van der Waals surface area contributed by atoms with E-state index in [4.69, 9.17) is 18.9 Å². The predicted molar refractivity (Wildman–Crippen MR) is 430 cm³/mol. The average molecular weight is 1610 g/mol. The third kappa shape index (κ3) is 23.8. The largest absolute Gasteiger partial charge is 1.00 e. The second-order valence-electron chi connectivity index (χ2n) is 28.2. The fraction of sp³-hybridized carbons (Fsp3) is 0.390. The Balaban J connectivity index is 0.00000880. The predicted octanol–water partition coefficient (Wildman–Crippen LogP) is 15.0. The van der Waals surface area contributed by atoms with E-state index in [-0.39, 0.29) is 90.9 Å². The van der Waals surface area contributed by atoms with E-state index < -0.39 is 78.4 Å². The van der Waals surface area contributed by atoms with Crippen LogP contribution in [0.15, 0.2) is 196 Å². The molecule has 0 bridgehead atoms. The van der Waals surface area contributed by atoms with Crippen LogP contribution in [0, 0.1) is 6.92 Å². The molecule has 0 aliphatic rings. The Hall–Kier alpha value is -4.45. The second-order valence-corrected chi connectivity index (χ2v) is 48.7. The standard InChI is InChI=1S/C82H104O14S6Si2.2Na/c1-14-103(15-2,16-3)53-20-23-62-55-65(27-46-78(62)94-70-32-40-74(41-33-70)101(89,90)73-38-30-69(93-13)31-39-73)81(9,10)66-28-47-79(63(56-66)24-21-54-104(17-4,18-5)19-6)95-71-34-42-75(43-35-71)102(91,92)76-44-36-72(37-45-76)96-80-48-29-67(57-64(80)59-97-49-22-51-99(83,84)85)82(11,12)68-26-25-60(7)77(58-68)61(8)98-50-52-100(86,87)88;;/h25-48,55-58H,8,14-24,49-54,59H2,1-7,9-13H3,(H,83,84,85)(H,86,87,88);;/q;2*+1/p-2. The molecular formula is C82H102Na2O14S6Si2. The minimum Gasteiger partial charge on any atom is -0.748 e. The number of thioether (sulfide) groups is 2. The molecule has 0 N–H and O–H groups in total. The monoisotopic (exact) mass is 1600 g/mol. The minimum absolute atomic E-state index is 0. The third-order valence-electron chi connectivity index (χ3n) is 21.4. The number of sulfone groups is 2. The van der Waals surface area contributed by atoms with E-state index in [0.29, 0.717) is 50.9 Å². The van der Waals surface area contributed by atoms with Crippen LogP contribution in [0.4, 0.5) is 0 Å². The van der Waals surface area contributed by atoms with Gasteiger partial charge in [0, 0.05) is 44.3 Å². The van der Waals surface area contributed by atoms with Gasteiger partial charge in [-0.15, -0.1) is 11.8 Å². The first kappa shape index (κ1) is 90.4. The van der Waals surface area contributed by atoms with Gasteiger partial charge in [0.1, 0.15) is 40.2 Å². The molecule has 0 saturated carbocycles. The first-order chi connectivity index (χ1) is 49.2. The molecule has 8 rings (SSSR count). The van der Waals surface area contributed by atoms with Crippen LogP contribution in [0.1, 0.15) is 139 Å². The van der Waals surface area contributed by atoms with Gasteiger partial charge < -0.3 is 28.1 Å². The van der Waals surface area contributed by atoms with Gasteiger partial charge in [0.2, 0.25) is 19.7 Å². The van der Waals surface area contributed by atoms with Gasteiger partial charge in [-0.2, -0.15) is 11.8 Å². The van der Waals surface area contributed by atoms with E-state index in [1.807, 2.05) is 43.3 Å². The fourth-order valence-corrected chi connectivity index (χ4v) is 26.4. The van der Waals surface area contributed by atoms with E-state index in [2.05, 4.69) is 112 Å². The van der Waals surface area contributed by atoms with Gasteiger partial charge in [0.05, 0.1) is 63.1 Å². The summed E-state index contributed by atoms with van der Waals surface area (Å²) in [5.41, 5.74) is 7.82. The van der Waals surface area contributed by atoms with Crippen molar-refractivity contribution < 1.29 is 121 Å². The van der Waals surface area contributed by atoms with Crippen molar-refractivity contribution in [2.24, 2.45) is 0 Å². The number of ether oxygens (including phenoxy) is 4. The Morgan fingerprint density at radius 3 is 1.11 bits per heavy atom. The molecule has 0 saturated heterocycles. The van der Waals surface area contributed by atoms with Crippen molar-refractivity contribution >= 4 is 84.5 Å². The van der Waals surface area contributed by atoms with Crippen LogP contribution in [-0.2, 0) is 69.3 Å². The third-order valence-corrected chi connectivity index (χ3v) is 40.6. The average Bonchev–Trinajstić information content (AvgIpc) is 0.785. The van der Waals surface area contributed by atoms with Crippen molar-refractivity contribution in [2.75, 3.05) is 30.1 Å². The number of hydrogen-bond acceptors (Lipinski definition) is 16. The molecule has 0 amide bonds. The van der Waals surface area contributed by atoms with Gasteiger partial charge in [0.15, 0.2) is 0 Å². The van der Waals surface area contributed by atoms with Crippen molar-refractivity contribution in [1.82, 2.24) is 0 Å². The maximum atomic E-state index is 14.4. The Morgan fingerprint density at radius 1 is 0.434 bits per heavy atom. The van der Waals surface area contributed by atoms with E-state index in [9.17, 15) is 42.8 Å². The Bertz CT molecular complexity index is 4710. The first-order valence-electron chi connectivity index (χ1n) is 35.9. The van der Waals surface area contributed by atoms with Crippen molar-refractivity contribution in [3.05, 3.63) is 227 Å². The quantitative estimate of drug-likeness (QED) is 0.0198. The van der Waals surface area contributed by atoms with Crippen molar-refractivity contribution in [1.29, 1.82) is 0 Å². The number of benzene rings is 8. The normalized spacial score (nSPS) is 12.4. The maximum Gasteiger partial charge on any atom is 1.00 e. The number of methoxy groups -OCH3 is 1. The smallest absolute Gasteiger partial charge is 0.748 e. The van der Waals surface area contributed by atoms with E-state index >= 15 is 0 Å². The summed E-state index contributed by atoms with van der Waals surface area (Å²) in [6.07, 6.45) is 3.85. The van der Waals surface area contributed by atoms with Gasteiger partial charge in [0.25, 0.3) is 0 Å². The van der Waals surface area contributed by atoms with Gasteiger partial charge in [-0.1, -0.05) is 186 Å². The molecule has 24 heteroatoms. The summed E-state index contributed by atoms with van der Waals surface area (Å²) in [5, 5.41) is 0. The summed E-state index contributed by atoms with van der Waals surface area (Å²) in [6, 6.07) is 60.4. The van der Waals surface area contributed by atoms with E-state index in [1.54, 1.807) is 92.0 Å². The summed E-state index contributed by atoms with van der Waals surface area (Å²) in [6.45, 7) is 28.9. The summed E-state index contributed by atoms with van der Waals surface area (Å²) in [7, 11) is -17.9. The van der Waals surface area contributed by atoms with Crippen LogP contribution in [0.25, 0.3) is 4.91 Å². The van der Waals surface area contributed by atoms with Crippen molar-refractivity contribution in [3.8, 4) is 40.2 Å². The van der Waals surface area contributed by atoms with Gasteiger partial charge in [-0.25, -0.2) is 33.7 Å². The Kier molecular flexibility index (Phi) is 33.8. The maximum absolute atomic E-state index is 14.4. The fourth-order valence-electron chi connectivity index (χ4n) is 13.6. The van der Waals surface area contributed by atoms with Crippen LogP contribution >= 0.6 is 23.5 Å². The molecule has 0 spiro atoms. The number of rotatable bonds is 40. The molecule has 560 valence electrons. The van der Waals surface area contributed by atoms with Crippen LogP contribution < -0.4 is 78.1 Å². The molecular weight excluding hydrogens is 1500 g/mol. The molecule has 8 aromatic carbocycles. The molecule has 106 heavy (non-hydrogen) atoms. The zero-order valence-electron chi connectivity index (χ0n) is 64.3. The first-order valence-corrected chi connectivity index (χ1v) is 49.9. The van der Waals surface area contributed by atoms with Gasteiger partial charge in [-0.05, 0) is 198 Å². The molecule has 0 atom stereocenters. The van der Waals surface area contributed by atoms with Gasteiger partial charge in [-0.3, -0.25) is 0 Å². The Labute approximate surface area is 687 Å². The summed E-state index contributed by atoms with van der Waals surface area (Å²) >= 11 is 2.67. The number of hydrogen-bond donors (Lipinski definition) is 0. The molecule has 0 unspecified atom stereocenters. The summed E-state index contributed by atoms with van der Waals surface area (Å²) < 4.78 is 150. The topological polar surface area (TPSA) is 220 Å². The Morgan fingerprint density at radius 2 is 0.764 bits per heavy atom. The van der Waals surface area contributed by atoms with E-state index in [0.717, 1.165) is 81.5 Å². The second kappa shape index (κ2) is 39.6. The molecule has 0 fully saturated rings. The van der Waals surface area contributed by atoms with Crippen LogP contribution in [0.5, 0.6) is 40.2 Å². The molecule has 0 radical (unpaired) electrons. The number of aryl methyl sites for hydroxylation is 3. The molecule has 0 aromatic heterocycles. The molecule has 8 aromatic rings. The SMILES string of the molecule is C=C(SCCS(=O)(=O)[O-])c1cc(C(C)(C)c2ccc(Oc3ccc(S(=O)(=O)c4ccc(Oc5ccc(C(C)(C)c6ccc(Oc7ccc(S(=O)(=O)c8ccc(OC)cc8)cc7)c(CCC[Si](CC)(CC)CC)c6)cc5CCC[Si](CC)(CC)CC)cc4)cc3)c(CSCCCS(=O)(=O)[O-])c2)ccc1C.[Na+].[Na+]. The molecule has 0 heterocycles. The minimum atomic E-state index is -4.38. The zero-order chi connectivity index (χ0) is 75.9. The van der Waals surface area contributed by atoms with Gasteiger partial charge >= 0.3 is 59.1 Å².